The molecule has 2 aliphatic rings. The second kappa shape index (κ2) is 11.1. The molecule has 0 bridgehead atoms. The average Bonchev–Trinajstić information content (AvgIpc) is 3.21. The molecule has 0 unspecified atom stereocenters. The number of esters is 1. The number of aromatic nitrogens is 3. The van der Waals surface area contributed by atoms with Crippen molar-refractivity contribution in [1.82, 2.24) is 19.9 Å². The van der Waals surface area contributed by atoms with E-state index in [1.165, 1.54) is 19.2 Å². The number of hydrogen-bond donors (Lipinski definition) is 0. The second-order valence-electron chi connectivity index (χ2n) is 12.1. The summed E-state index contributed by atoms with van der Waals surface area (Å²) < 4.78 is 18.0. The standard InChI is InChI=1S/C31H37FN6O3/c1-30(2)19-37(13-12-21-6-9-23(32)10-7-21)28-27(30)35-24(18-34-28)29(40)38-15-14-36(20-31(38,3)4)25-11-8-22(17-33-25)16-26(39)41-5/h6-11,17-18H,12-16,19-20H2,1-5H3. The van der Waals surface area contributed by atoms with Crippen LogP contribution in [0.5, 0.6) is 0 Å². The van der Waals surface area contributed by atoms with Crippen molar-refractivity contribution >= 4 is 23.5 Å². The largest absolute Gasteiger partial charge is 0.469 e. The molecule has 0 atom stereocenters. The van der Waals surface area contributed by atoms with E-state index in [-0.39, 0.29) is 29.5 Å². The molecule has 0 saturated carbocycles. The Balaban J connectivity index is 1.27. The van der Waals surface area contributed by atoms with E-state index in [4.69, 9.17) is 14.7 Å². The maximum absolute atomic E-state index is 13.8. The van der Waals surface area contributed by atoms with Gasteiger partial charge in [-0.15, -0.1) is 0 Å². The molecule has 1 amide bonds. The Bertz CT molecular complexity index is 1420. The number of nitrogens with zero attached hydrogens (tertiary/aromatic N) is 6. The molecule has 216 valence electrons. The molecule has 2 aromatic heterocycles. The first-order chi connectivity index (χ1) is 19.5. The Morgan fingerprint density at radius 1 is 0.951 bits per heavy atom. The van der Waals surface area contributed by atoms with E-state index >= 15 is 0 Å². The molecule has 0 radical (unpaired) electrons. The van der Waals surface area contributed by atoms with Crippen molar-refractivity contribution in [2.75, 3.05) is 49.6 Å². The summed E-state index contributed by atoms with van der Waals surface area (Å²) >= 11 is 0. The monoisotopic (exact) mass is 560 g/mol. The molecule has 1 aromatic carbocycles. The van der Waals surface area contributed by atoms with Gasteiger partial charge in [-0.1, -0.05) is 32.0 Å². The number of anilines is 2. The van der Waals surface area contributed by atoms with Crippen LogP contribution in [0.15, 0.2) is 48.8 Å². The summed E-state index contributed by atoms with van der Waals surface area (Å²) in [5.74, 6) is 0.936. The molecule has 4 heterocycles. The third-order valence-corrected chi connectivity index (χ3v) is 7.94. The molecular weight excluding hydrogens is 523 g/mol. The average molecular weight is 561 g/mol. The van der Waals surface area contributed by atoms with Gasteiger partial charge in [-0.3, -0.25) is 9.59 Å². The minimum absolute atomic E-state index is 0.133. The van der Waals surface area contributed by atoms with Crippen LogP contribution >= 0.6 is 0 Å². The zero-order chi connectivity index (χ0) is 29.4. The Morgan fingerprint density at radius 2 is 1.68 bits per heavy atom. The van der Waals surface area contributed by atoms with Gasteiger partial charge in [0.25, 0.3) is 5.91 Å². The van der Waals surface area contributed by atoms with E-state index < -0.39 is 5.54 Å². The molecule has 1 saturated heterocycles. The van der Waals surface area contributed by atoms with Gasteiger partial charge in [-0.25, -0.2) is 19.3 Å². The molecule has 0 aliphatic carbocycles. The van der Waals surface area contributed by atoms with Gasteiger partial charge in [-0.05, 0) is 49.6 Å². The van der Waals surface area contributed by atoms with E-state index in [1.54, 1.807) is 12.4 Å². The fraction of sp³-hybridized carbons (Fsp3) is 0.452. The van der Waals surface area contributed by atoms with Gasteiger partial charge in [0, 0.05) is 44.3 Å². The Kier molecular flexibility index (Phi) is 7.68. The maximum atomic E-state index is 13.8. The molecule has 10 heteroatoms. The van der Waals surface area contributed by atoms with Gasteiger partial charge in [-0.2, -0.15) is 0 Å². The summed E-state index contributed by atoms with van der Waals surface area (Å²) in [6.45, 7) is 11.6. The van der Waals surface area contributed by atoms with E-state index in [1.807, 2.05) is 43.0 Å². The number of piperazine rings is 1. The first-order valence-electron chi connectivity index (χ1n) is 13.9. The number of pyridine rings is 1. The van der Waals surface area contributed by atoms with Crippen molar-refractivity contribution < 1.29 is 18.7 Å². The van der Waals surface area contributed by atoms with Crippen molar-refractivity contribution in [3.05, 3.63) is 77.1 Å². The molecule has 2 aliphatic heterocycles. The van der Waals surface area contributed by atoms with Crippen molar-refractivity contribution in [2.45, 2.75) is 51.5 Å². The van der Waals surface area contributed by atoms with E-state index in [2.05, 4.69) is 28.6 Å². The van der Waals surface area contributed by atoms with Crippen molar-refractivity contribution in [3.63, 3.8) is 0 Å². The van der Waals surface area contributed by atoms with Gasteiger partial charge in [0.2, 0.25) is 0 Å². The number of ether oxygens (including phenoxy) is 1. The van der Waals surface area contributed by atoms with Crippen molar-refractivity contribution in [2.24, 2.45) is 0 Å². The van der Waals surface area contributed by atoms with Crippen LogP contribution in [0.4, 0.5) is 16.0 Å². The van der Waals surface area contributed by atoms with Gasteiger partial charge >= 0.3 is 5.97 Å². The zero-order valence-electron chi connectivity index (χ0n) is 24.4. The Morgan fingerprint density at radius 3 is 2.34 bits per heavy atom. The van der Waals surface area contributed by atoms with Crippen LogP contribution in [0.2, 0.25) is 0 Å². The highest BCUT2D eigenvalue weighted by Gasteiger charge is 2.41. The number of amides is 1. The highest BCUT2D eigenvalue weighted by Crippen LogP contribution is 2.38. The number of methoxy groups -OCH3 is 1. The quantitative estimate of drug-likeness (QED) is 0.403. The van der Waals surface area contributed by atoms with Crippen LogP contribution in [-0.2, 0) is 27.8 Å². The lowest BCUT2D eigenvalue weighted by molar-refractivity contribution is -0.139. The van der Waals surface area contributed by atoms with Crippen LogP contribution in [0.3, 0.4) is 0 Å². The lowest BCUT2D eigenvalue weighted by Gasteiger charge is -2.47. The van der Waals surface area contributed by atoms with Gasteiger partial charge in [0.1, 0.15) is 17.3 Å². The number of carbonyl (C=O) groups excluding carboxylic acids is 2. The molecule has 1 fully saturated rings. The van der Waals surface area contributed by atoms with E-state index in [9.17, 15) is 14.0 Å². The first kappa shape index (κ1) is 28.4. The summed E-state index contributed by atoms with van der Waals surface area (Å²) in [6.07, 6.45) is 4.24. The van der Waals surface area contributed by atoms with Gasteiger partial charge in [0.05, 0.1) is 31.0 Å². The topological polar surface area (TPSA) is 91.8 Å². The molecule has 9 nitrogen and oxygen atoms in total. The molecule has 41 heavy (non-hydrogen) atoms. The number of carbonyl (C=O) groups is 2. The number of halogens is 1. The minimum atomic E-state index is -0.473. The van der Waals surface area contributed by atoms with E-state index in [0.29, 0.717) is 25.3 Å². The van der Waals surface area contributed by atoms with E-state index in [0.717, 1.165) is 48.0 Å². The Labute approximate surface area is 240 Å². The number of benzene rings is 1. The predicted molar refractivity (Wildman–Crippen MR) is 155 cm³/mol. The SMILES string of the molecule is COC(=O)Cc1ccc(N2CCN(C(=O)c3cnc4c(n3)C(C)(C)CN4CCc3ccc(F)cc3)C(C)(C)C2)nc1. The fourth-order valence-electron chi connectivity index (χ4n) is 5.71. The lowest BCUT2D eigenvalue weighted by atomic mass is 9.92. The lowest BCUT2D eigenvalue weighted by Crippen LogP contribution is -2.61. The van der Waals surface area contributed by atoms with Gasteiger partial charge in [0.15, 0.2) is 5.82 Å². The molecular formula is C31H37FN6O3. The smallest absolute Gasteiger partial charge is 0.310 e. The molecule has 3 aromatic rings. The number of hydrogen-bond acceptors (Lipinski definition) is 8. The second-order valence-corrected chi connectivity index (χ2v) is 12.1. The highest BCUT2D eigenvalue weighted by molar-refractivity contribution is 5.93. The molecule has 0 N–H and O–H groups in total. The zero-order valence-corrected chi connectivity index (χ0v) is 24.4. The third-order valence-electron chi connectivity index (χ3n) is 7.94. The predicted octanol–water partition coefficient (Wildman–Crippen LogP) is 3.81. The summed E-state index contributed by atoms with van der Waals surface area (Å²) in [4.78, 5) is 45.7. The Hall–Kier alpha value is -4.08. The summed E-state index contributed by atoms with van der Waals surface area (Å²) in [5, 5.41) is 0. The number of fused-ring (bicyclic) bond motifs is 1. The van der Waals surface area contributed by atoms with Crippen molar-refractivity contribution in [3.8, 4) is 0 Å². The molecule has 0 spiro atoms. The highest BCUT2D eigenvalue weighted by atomic mass is 19.1. The minimum Gasteiger partial charge on any atom is -0.469 e. The van der Waals surface area contributed by atoms with Crippen LogP contribution in [0, 0.1) is 5.82 Å². The maximum Gasteiger partial charge on any atom is 0.310 e. The van der Waals surface area contributed by atoms with Crippen LogP contribution in [-0.4, -0.2) is 77.1 Å². The van der Waals surface area contributed by atoms with Crippen molar-refractivity contribution in [1.29, 1.82) is 0 Å². The molecule has 5 rings (SSSR count). The van der Waals surface area contributed by atoms with Crippen LogP contribution < -0.4 is 9.80 Å². The van der Waals surface area contributed by atoms with Crippen LogP contribution in [0.25, 0.3) is 0 Å². The summed E-state index contributed by atoms with van der Waals surface area (Å²) in [5.41, 5.74) is 2.30. The van der Waals surface area contributed by atoms with Crippen LogP contribution in [0.1, 0.15) is 55.0 Å². The normalized spacial score (nSPS) is 17.4. The third kappa shape index (κ3) is 6.01. The summed E-state index contributed by atoms with van der Waals surface area (Å²) in [6, 6.07) is 10.4. The first-order valence-corrected chi connectivity index (χ1v) is 13.9. The number of rotatable bonds is 7. The fourth-order valence-corrected chi connectivity index (χ4v) is 5.71. The van der Waals surface area contributed by atoms with Gasteiger partial charge < -0.3 is 19.4 Å². The summed E-state index contributed by atoms with van der Waals surface area (Å²) in [7, 11) is 1.37.